The van der Waals surface area contributed by atoms with Gasteiger partial charge >= 0.3 is 5.97 Å². The maximum Gasteiger partial charge on any atom is 0.307 e. The van der Waals surface area contributed by atoms with Gasteiger partial charge < -0.3 is 29.9 Å². The molecule has 9 atom stereocenters. The van der Waals surface area contributed by atoms with Crippen LogP contribution in [0.15, 0.2) is 11.8 Å². The Labute approximate surface area is 242 Å². The van der Waals surface area contributed by atoms with Crippen molar-refractivity contribution in [3.05, 3.63) is 11.8 Å². The number of fused-ring (bicyclic) bond motifs is 4. The van der Waals surface area contributed by atoms with Gasteiger partial charge in [-0.15, -0.1) is 0 Å². The number of ketones is 1. The number of carbonyl (C=O) groups is 3. The van der Waals surface area contributed by atoms with Crippen molar-refractivity contribution in [3.63, 3.8) is 0 Å². The first kappa shape index (κ1) is 29.1. The summed E-state index contributed by atoms with van der Waals surface area (Å²) in [5, 5.41) is 6.26. The molecule has 0 aromatic heterocycles. The SMILES string of the molecule is CCOC(=O)CCNC(=O)C1=CN2C3C(CCC4CCCCC43)OC3C(NCCN4CCCC4)C(F)CC(C1=O)C32. The van der Waals surface area contributed by atoms with Crippen LogP contribution in [-0.4, -0.2) is 103 Å². The minimum atomic E-state index is -1.24. The molecular formula is C31H47FN4O5. The summed E-state index contributed by atoms with van der Waals surface area (Å²) < 4.78 is 27.8. The molecule has 6 rings (SSSR count). The number of hydrogen-bond acceptors (Lipinski definition) is 8. The molecule has 3 aliphatic heterocycles. The van der Waals surface area contributed by atoms with Gasteiger partial charge in [0.25, 0.3) is 5.91 Å². The number of esters is 1. The number of ether oxygens (including phenoxy) is 2. The number of rotatable bonds is 9. The lowest BCUT2D eigenvalue weighted by atomic mass is 9.63. The quantitative estimate of drug-likeness (QED) is 0.320. The summed E-state index contributed by atoms with van der Waals surface area (Å²) in [6, 6.07) is -0.668. The molecule has 3 saturated carbocycles. The highest BCUT2D eigenvalue weighted by Crippen LogP contribution is 2.51. The van der Waals surface area contributed by atoms with Gasteiger partial charge in [0, 0.05) is 31.8 Å². The van der Waals surface area contributed by atoms with Crippen LogP contribution in [0.3, 0.4) is 0 Å². The van der Waals surface area contributed by atoms with E-state index < -0.39 is 36.1 Å². The Kier molecular flexibility index (Phi) is 8.98. The van der Waals surface area contributed by atoms with Crippen LogP contribution in [-0.2, 0) is 23.9 Å². The molecule has 1 amide bonds. The predicted octanol–water partition coefficient (Wildman–Crippen LogP) is 2.34. The van der Waals surface area contributed by atoms with Gasteiger partial charge in [-0.25, -0.2) is 4.39 Å². The van der Waals surface area contributed by atoms with E-state index in [1.54, 1.807) is 13.1 Å². The molecule has 0 bridgehead atoms. The molecule has 228 valence electrons. The second-order valence-electron chi connectivity index (χ2n) is 13.0. The molecule has 9 unspecified atom stereocenters. The number of hydrogen-bond donors (Lipinski definition) is 2. The highest BCUT2D eigenvalue weighted by atomic mass is 19.1. The van der Waals surface area contributed by atoms with Crippen LogP contribution in [0.4, 0.5) is 4.39 Å². The van der Waals surface area contributed by atoms with Gasteiger partial charge in [-0.05, 0) is 70.4 Å². The minimum absolute atomic E-state index is 0.0398. The molecule has 3 aliphatic carbocycles. The highest BCUT2D eigenvalue weighted by Gasteiger charge is 2.60. The van der Waals surface area contributed by atoms with E-state index in [1.165, 1.54) is 32.1 Å². The van der Waals surface area contributed by atoms with E-state index in [9.17, 15) is 14.4 Å². The van der Waals surface area contributed by atoms with Crippen molar-refractivity contribution >= 4 is 17.7 Å². The summed E-state index contributed by atoms with van der Waals surface area (Å²) in [5.74, 6) is -0.741. The molecule has 10 heteroatoms. The van der Waals surface area contributed by atoms with Crippen LogP contribution in [0.1, 0.15) is 71.1 Å². The Morgan fingerprint density at radius 1 is 1.07 bits per heavy atom. The van der Waals surface area contributed by atoms with E-state index in [0.717, 1.165) is 38.9 Å². The van der Waals surface area contributed by atoms with E-state index in [-0.39, 0.29) is 55.5 Å². The lowest BCUT2D eigenvalue weighted by Crippen LogP contribution is -2.74. The lowest BCUT2D eigenvalue weighted by Gasteiger charge is -2.62. The minimum Gasteiger partial charge on any atom is -0.466 e. The van der Waals surface area contributed by atoms with Crippen LogP contribution in [0.25, 0.3) is 0 Å². The van der Waals surface area contributed by atoms with E-state index in [4.69, 9.17) is 9.47 Å². The van der Waals surface area contributed by atoms with Crippen molar-refractivity contribution in [2.75, 3.05) is 39.3 Å². The Bertz CT molecular complexity index is 1020. The number of nitrogens with zero attached hydrogens (tertiary/aromatic N) is 2. The summed E-state index contributed by atoms with van der Waals surface area (Å²) in [7, 11) is 0. The molecule has 41 heavy (non-hydrogen) atoms. The summed E-state index contributed by atoms with van der Waals surface area (Å²) >= 11 is 0. The van der Waals surface area contributed by atoms with Crippen LogP contribution in [0.5, 0.6) is 0 Å². The van der Waals surface area contributed by atoms with E-state index in [2.05, 4.69) is 20.4 Å². The Morgan fingerprint density at radius 3 is 2.68 bits per heavy atom. The second-order valence-corrected chi connectivity index (χ2v) is 13.0. The molecule has 0 spiro atoms. The van der Waals surface area contributed by atoms with Gasteiger partial charge in [-0.2, -0.15) is 0 Å². The number of nitrogens with one attached hydrogen (secondary N) is 2. The summed E-state index contributed by atoms with van der Waals surface area (Å²) in [6.45, 7) is 5.88. The van der Waals surface area contributed by atoms with Gasteiger partial charge in [-0.3, -0.25) is 14.4 Å². The third-order valence-electron chi connectivity index (χ3n) is 10.7. The number of Topliss-reactive ketones (excluding diaryl/α,β-unsaturated/α-hetero) is 1. The molecule has 2 saturated heterocycles. The van der Waals surface area contributed by atoms with Gasteiger partial charge in [0.15, 0.2) is 5.78 Å². The van der Waals surface area contributed by atoms with Gasteiger partial charge in [0.05, 0.1) is 48.9 Å². The first-order valence-electron chi connectivity index (χ1n) is 16.2. The van der Waals surface area contributed by atoms with Crippen molar-refractivity contribution < 1.29 is 28.2 Å². The smallest absolute Gasteiger partial charge is 0.307 e. The maximum absolute atomic E-state index is 16.0. The molecule has 3 heterocycles. The lowest BCUT2D eigenvalue weighted by molar-refractivity contribution is -0.215. The molecule has 0 radical (unpaired) electrons. The first-order chi connectivity index (χ1) is 20.0. The number of morpholine rings is 1. The summed E-state index contributed by atoms with van der Waals surface area (Å²) in [4.78, 5) is 43.6. The molecule has 2 N–H and O–H groups in total. The fraction of sp³-hybridized carbons (Fsp3) is 0.839. The standard InChI is InChI=1S/C31H47FN4O5/c1-2-40-25(37)11-12-34-31(39)22-18-36-27-20-8-4-3-7-19(20)9-10-24(27)41-30-26(33-13-16-35-14-5-6-15-35)23(32)17-21(28(30)36)29(22)38/h18-21,23-24,26-28,30,33H,2-17H2,1H3,(H,34,39). The van der Waals surface area contributed by atoms with Crippen LogP contribution >= 0.6 is 0 Å². The largest absolute Gasteiger partial charge is 0.466 e. The van der Waals surface area contributed by atoms with Crippen LogP contribution < -0.4 is 10.6 Å². The first-order valence-corrected chi connectivity index (χ1v) is 16.2. The highest BCUT2D eigenvalue weighted by molar-refractivity contribution is 6.20. The number of amides is 1. The van der Waals surface area contributed by atoms with Gasteiger partial charge in [-0.1, -0.05) is 19.3 Å². The monoisotopic (exact) mass is 574 g/mol. The Hall–Kier alpha value is -2.04. The molecular weight excluding hydrogens is 527 g/mol. The van der Waals surface area contributed by atoms with Crippen LogP contribution in [0, 0.1) is 17.8 Å². The number of carbonyl (C=O) groups excluding carboxylic acids is 3. The number of likely N-dealkylation sites (tertiary alicyclic amines) is 1. The van der Waals surface area contributed by atoms with Crippen molar-refractivity contribution in [2.45, 2.75) is 108 Å². The predicted molar refractivity (Wildman–Crippen MR) is 151 cm³/mol. The average Bonchev–Trinajstić information content (AvgIpc) is 3.49. The zero-order chi connectivity index (χ0) is 28.5. The van der Waals surface area contributed by atoms with Gasteiger partial charge in [0.2, 0.25) is 0 Å². The van der Waals surface area contributed by atoms with Crippen molar-refractivity contribution in [2.24, 2.45) is 17.8 Å². The normalized spacial score (nSPS) is 38.4. The fourth-order valence-corrected chi connectivity index (χ4v) is 8.81. The topological polar surface area (TPSA) is 100 Å². The molecule has 9 nitrogen and oxygen atoms in total. The molecule has 6 aliphatic rings. The number of halogens is 1. The van der Waals surface area contributed by atoms with Crippen molar-refractivity contribution in [1.29, 1.82) is 0 Å². The van der Waals surface area contributed by atoms with E-state index in [1.807, 2.05) is 0 Å². The summed E-state index contributed by atoms with van der Waals surface area (Å²) in [5.41, 5.74) is 0.0834. The third-order valence-corrected chi connectivity index (χ3v) is 10.7. The number of alkyl halides is 1. The second kappa shape index (κ2) is 12.7. The summed E-state index contributed by atoms with van der Waals surface area (Å²) in [6.07, 6.45) is 9.46. The van der Waals surface area contributed by atoms with Crippen molar-refractivity contribution in [3.8, 4) is 0 Å². The van der Waals surface area contributed by atoms with E-state index >= 15 is 4.39 Å². The zero-order valence-corrected chi connectivity index (χ0v) is 24.4. The Morgan fingerprint density at radius 2 is 1.88 bits per heavy atom. The Balaban J connectivity index is 1.25. The van der Waals surface area contributed by atoms with Gasteiger partial charge in [0.1, 0.15) is 6.17 Å². The van der Waals surface area contributed by atoms with E-state index in [0.29, 0.717) is 18.4 Å². The zero-order valence-electron chi connectivity index (χ0n) is 24.4. The van der Waals surface area contributed by atoms with Crippen molar-refractivity contribution in [1.82, 2.24) is 20.4 Å². The molecule has 0 aromatic carbocycles. The third kappa shape index (κ3) is 5.80. The average molecular weight is 575 g/mol. The maximum atomic E-state index is 16.0. The fourth-order valence-electron chi connectivity index (χ4n) is 8.81. The van der Waals surface area contributed by atoms with Crippen LogP contribution in [0.2, 0.25) is 0 Å². The molecule has 5 fully saturated rings. The molecule has 0 aromatic rings.